The fourth-order valence-corrected chi connectivity index (χ4v) is 5.81. The third-order valence-electron chi connectivity index (χ3n) is 8.02. The highest BCUT2D eigenvalue weighted by Gasteiger charge is 2.28. The number of hydrogen-bond donors (Lipinski definition) is 0. The monoisotopic (exact) mass is 525 g/mol. The number of carbonyl (C=O) groups is 1. The number of rotatable bonds is 6. The molecule has 1 aliphatic heterocycles. The van der Waals surface area contributed by atoms with Crippen LogP contribution in [0.1, 0.15) is 40.4 Å². The van der Waals surface area contributed by atoms with Gasteiger partial charge in [0.05, 0.1) is 11.4 Å². The van der Waals surface area contributed by atoms with Gasteiger partial charge >= 0.3 is 5.69 Å². The number of piperazine rings is 1. The SMILES string of the molecule is Cc1nc2c(c(C)c1CCC(=O)N1CCN(C(c3ccccc3)c3ccccc3)CC1)c(=O)n(C)c(=O)n2C. The van der Waals surface area contributed by atoms with Crippen LogP contribution in [0.25, 0.3) is 11.0 Å². The average Bonchev–Trinajstić information content (AvgIpc) is 2.96. The molecule has 3 heterocycles. The largest absolute Gasteiger partial charge is 0.340 e. The lowest BCUT2D eigenvalue weighted by Crippen LogP contribution is -2.49. The van der Waals surface area contributed by atoms with Gasteiger partial charge in [-0.1, -0.05) is 60.7 Å². The molecule has 5 rings (SSSR count). The number of hydrogen-bond acceptors (Lipinski definition) is 5. The van der Waals surface area contributed by atoms with Crippen LogP contribution < -0.4 is 11.2 Å². The summed E-state index contributed by atoms with van der Waals surface area (Å²) in [7, 11) is 3.10. The van der Waals surface area contributed by atoms with Gasteiger partial charge in [-0.25, -0.2) is 9.78 Å². The van der Waals surface area contributed by atoms with E-state index >= 15 is 0 Å². The third-order valence-corrected chi connectivity index (χ3v) is 8.02. The second-order valence-corrected chi connectivity index (χ2v) is 10.3. The maximum absolute atomic E-state index is 13.3. The Morgan fingerprint density at radius 1 is 0.846 bits per heavy atom. The first kappa shape index (κ1) is 26.6. The van der Waals surface area contributed by atoms with Crippen molar-refractivity contribution in [3.05, 3.63) is 109 Å². The maximum Gasteiger partial charge on any atom is 0.332 e. The summed E-state index contributed by atoms with van der Waals surface area (Å²) in [6.07, 6.45) is 0.851. The highest BCUT2D eigenvalue weighted by molar-refractivity contribution is 5.81. The second kappa shape index (κ2) is 11.0. The summed E-state index contributed by atoms with van der Waals surface area (Å²) < 4.78 is 2.52. The van der Waals surface area contributed by atoms with Crippen molar-refractivity contribution in [3.63, 3.8) is 0 Å². The molecule has 1 fully saturated rings. The standard InChI is InChI=1S/C31H35N5O3/c1-21-25(22(2)32-29-27(21)30(38)34(4)31(39)33(29)3)15-16-26(37)35-17-19-36(20-18-35)28(23-11-7-5-8-12-23)24-13-9-6-10-14-24/h5-14,28H,15-20H2,1-4H3. The number of fused-ring (bicyclic) bond motifs is 1. The molecular weight excluding hydrogens is 490 g/mol. The molecule has 0 N–H and O–H groups in total. The van der Waals surface area contributed by atoms with Gasteiger partial charge in [-0.05, 0) is 42.5 Å². The molecule has 0 unspecified atom stereocenters. The van der Waals surface area contributed by atoms with E-state index in [4.69, 9.17) is 0 Å². The lowest BCUT2D eigenvalue weighted by molar-refractivity contribution is -0.133. The Labute approximate surface area is 228 Å². The normalized spacial score (nSPS) is 14.3. The Bertz CT molecular complexity index is 1580. The van der Waals surface area contributed by atoms with Gasteiger partial charge in [-0.2, -0.15) is 0 Å². The highest BCUT2D eigenvalue weighted by Crippen LogP contribution is 2.29. The highest BCUT2D eigenvalue weighted by atomic mass is 16.2. The van der Waals surface area contributed by atoms with Gasteiger partial charge in [0.1, 0.15) is 5.65 Å². The van der Waals surface area contributed by atoms with Gasteiger partial charge in [-0.15, -0.1) is 0 Å². The summed E-state index contributed by atoms with van der Waals surface area (Å²) in [4.78, 5) is 47.5. The summed E-state index contributed by atoms with van der Waals surface area (Å²) in [5.74, 6) is 0.109. The molecule has 2 aromatic heterocycles. The van der Waals surface area contributed by atoms with E-state index in [9.17, 15) is 14.4 Å². The quantitative estimate of drug-likeness (QED) is 0.387. The number of carbonyl (C=O) groups excluding carboxylic acids is 1. The zero-order valence-corrected chi connectivity index (χ0v) is 23.1. The average molecular weight is 526 g/mol. The van der Waals surface area contributed by atoms with Crippen LogP contribution in [0.5, 0.6) is 0 Å². The van der Waals surface area contributed by atoms with Crippen LogP contribution in [0, 0.1) is 13.8 Å². The summed E-state index contributed by atoms with van der Waals surface area (Å²) >= 11 is 0. The van der Waals surface area contributed by atoms with Crippen LogP contribution in [-0.2, 0) is 25.3 Å². The molecule has 0 bridgehead atoms. The van der Waals surface area contributed by atoms with Crippen molar-refractivity contribution in [1.82, 2.24) is 23.9 Å². The first-order chi connectivity index (χ1) is 18.8. The molecule has 8 nitrogen and oxygen atoms in total. The molecule has 0 spiro atoms. The minimum atomic E-state index is -0.400. The van der Waals surface area contributed by atoms with Gasteiger partial charge in [0.2, 0.25) is 5.91 Å². The van der Waals surface area contributed by atoms with Crippen LogP contribution in [0.4, 0.5) is 0 Å². The lowest BCUT2D eigenvalue weighted by atomic mass is 9.96. The molecule has 4 aromatic rings. The Morgan fingerprint density at radius 3 is 1.97 bits per heavy atom. The van der Waals surface area contributed by atoms with Gasteiger partial charge < -0.3 is 4.90 Å². The number of pyridine rings is 1. The molecule has 1 aliphatic rings. The van der Waals surface area contributed by atoms with E-state index in [2.05, 4.69) is 58.4 Å². The molecular formula is C31H35N5O3. The Kier molecular flexibility index (Phi) is 7.48. The van der Waals surface area contributed by atoms with Crippen molar-refractivity contribution in [2.75, 3.05) is 26.2 Å². The van der Waals surface area contributed by atoms with Gasteiger partial charge in [0.25, 0.3) is 5.56 Å². The fourth-order valence-electron chi connectivity index (χ4n) is 5.81. The molecule has 8 heteroatoms. The van der Waals surface area contributed by atoms with E-state index in [-0.39, 0.29) is 17.5 Å². The van der Waals surface area contributed by atoms with E-state index in [0.717, 1.165) is 34.5 Å². The molecule has 1 amide bonds. The molecule has 1 saturated heterocycles. The number of aryl methyl sites for hydroxylation is 3. The van der Waals surface area contributed by atoms with E-state index in [1.807, 2.05) is 30.9 Å². The Morgan fingerprint density at radius 2 is 1.41 bits per heavy atom. The van der Waals surface area contributed by atoms with Crippen LogP contribution in [0.2, 0.25) is 0 Å². The minimum Gasteiger partial charge on any atom is -0.340 e. The van der Waals surface area contributed by atoms with E-state index in [0.29, 0.717) is 37.0 Å². The maximum atomic E-state index is 13.3. The topological polar surface area (TPSA) is 80.4 Å². The van der Waals surface area contributed by atoms with Crippen molar-refractivity contribution in [2.45, 2.75) is 32.7 Å². The molecule has 202 valence electrons. The number of nitrogens with zero attached hydrogens (tertiary/aromatic N) is 5. The van der Waals surface area contributed by atoms with Gasteiger partial charge in [0.15, 0.2) is 0 Å². The Hall–Kier alpha value is -4.04. The predicted molar refractivity (Wildman–Crippen MR) is 153 cm³/mol. The van der Waals surface area contributed by atoms with Crippen molar-refractivity contribution >= 4 is 16.9 Å². The molecule has 2 aromatic carbocycles. The third kappa shape index (κ3) is 5.04. The van der Waals surface area contributed by atoms with Gasteiger partial charge in [-0.3, -0.25) is 23.6 Å². The lowest BCUT2D eigenvalue weighted by Gasteiger charge is -2.40. The summed E-state index contributed by atoms with van der Waals surface area (Å²) in [6, 6.07) is 21.2. The van der Waals surface area contributed by atoms with Crippen LogP contribution in [0.15, 0.2) is 70.3 Å². The summed E-state index contributed by atoms with van der Waals surface area (Å²) in [6.45, 7) is 6.69. The van der Waals surface area contributed by atoms with Crippen molar-refractivity contribution in [2.24, 2.45) is 14.1 Å². The van der Waals surface area contributed by atoms with E-state index in [1.165, 1.54) is 22.7 Å². The summed E-state index contributed by atoms with van der Waals surface area (Å²) in [5.41, 5.74) is 4.57. The van der Waals surface area contributed by atoms with E-state index in [1.54, 1.807) is 7.05 Å². The van der Waals surface area contributed by atoms with Crippen molar-refractivity contribution < 1.29 is 4.79 Å². The zero-order valence-electron chi connectivity index (χ0n) is 23.1. The van der Waals surface area contributed by atoms with Crippen LogP contribution in [0.3, 0.4) is 0 Å². The second-order valence-electron chi connectivity index (χ2n) is 10.3. The first-order valence-electron chi connectivity index (χ1n) is 13.5. The molecule has 0 radical (unpaired) electrons. The Balaban J connectivity index is 1.30. The van der Waals surface area contributed by atoms with Gasteiger partial charge in [0, 0.05) is 52.4 Å². The predicted octanol–water partition coefficient (Wildman–Crippen LogP) is 3.12. The minimum absolute atomic E-state index is 0.109. The molecule has 39 heavy (non-hydrogen) atoms. The smallest absolute Gasteiger partial charge is 0.332 e. The van der Waals surface area contributed by atoms with Crippen LogP contribution >= 0.6 is 0 Å². The summed E-state index contributed by atoms with van der Waals surface area (Å²) in [5, 5.41) is 0.439. The molecule has 0 atom stereocenters. The number of amides is 1. The van der Waals surface area contributed by atoms with Crippen molar-refractivity contribution in [1.29, 1.82) is 0 Å². The number of benzene rings is 2. The van der Waals surface area contributed by atoms with Crippen LogP contribution in [-0.4, -0.2) is 56.0 Å². The first-order valence-corrected chi connectivity index (χ1v) is 13.5. The zero-order chi connectivity index (χ0) is 27.7. The fraction of sp³-hybridized carbons (Fsp3) is 0.355. The molecule has 0 saturated carbocycles. The van der Waals surface area contributed by atoms with Crippen molar-refractivity contribution in [3.8, 4) is 0 Å². The van der Waals surface area contributed by atoms with E-state index < -0.39 is 5.69 Å². The molecule has 0 aliphatic carbocycles. The number of aromatic nitrogens is 3.